The highest BCUT2D eigenvalue weighted by Gasteiger charge is 2.30. The number of hydrogen-bond donors (Lipinski definition) is 2. The molecule has 2 N–H and O–H groups in total. The molecule has 5 nitrogen and oxygen atoms in total. The van der Waals surface area contributed by atoms with Crippen molar-refractivity contribution in [3.63, 3.8) is 0 Å². The molecule has 1 aromatic rings. The molecule has 0 spiro atoms. The highest BCUT2D eigenvalue weighted by Crippen LogP contribution is 2.35. The van der Waals surface area contributed by atoms with E-state index in [-0.39, 0.29) is 0 Å². The van der Waals surface area contributed by atoms with Crippen LogP contribution in [0.25, 0.3) is 5.57 Å². The zero-order chi connectivity index (χ0) is 16.5. The monoisotopic (exact) mass is 327 g/mol. The Morgan fingerprint density at radius 2 is 1.46 bits per heavy atom. The summed E-state index contributed by atoms with van der Waals surface area (Å²) in [5.74, 6) is 3.88. The van der Waals surface area contributed by atoms with Gasteiger partial charge in [0.25, 0.3) is 0 Å². The molecule has 0 amide bonds. The van der Waals surface area contributed by atoms with Gasteiger partial charge >= 0.3 is 0 Å². The Morgan fingerprint density at radius 3 is 1.92 bits per heavy atom. The van der Waals surface area contributed by atoms with Gasteiger partial charge < -0.3 is 10.6 Å². The summed E-state index contributed by atoms with van der Waals surface area (Å²) >= 11 is 0. The molecule has 1 aromatic heterocycles. The Labute approximate surface area is 144 Å². The van der Waals surface area contributed by atoms with Crippen LogP contribution in [0.5, 0.6) is 0 Å². The van der Waals surface area contributed by atoms with Gasteiger partial charge in [0.1, 0.15) is 0 Å². The largest absolute Gasteiger partial charge is 0.351 e. The van der Waals surface area contributed by atoms with Gasteiger partial charge in [0, 0.05) is 12.1 Å². The molecule has 0 unspecified atom stereocenters. The van der Waals surface area contributed by atoms with E-state index in [0.29, 0.717) is 12.1 Å². The van der Waals surface area contributed by atoms with E-state index in [4.69, 9.17) is 9.97 Å². The van der Waals surface area contributed by atoms with Gasteiger partial charge in [-0.3, -0.25) is 0 Å². The van der Waals surface area contributed by atoms with Gasteiger partial charge in [-0.15, -0.1) is 0 Å². The van der Waals surface area contributed by atoms with Gasteiger partial charge in [-0.25, -0.2) is 0 Å². The van der Waals surface area contributed by atoms with Crippen molar-refractivity contribution in [3.05, 3.63) is 11.9 Å². The fourth-order valence-corrected chi connectivity index (χ4v) is 3.53. The van der Waals surface area contributed by atoms with Gasteiger partial charge in [0.2, 0.25) is 11.9 Å². The minimum Gasteiger partial charge on any atom is -0.351 e. The SMILES string of the molecule is C[C@@H](Nc1nc(N[C@H](C)C2CC2)nc(C2=CCCCC2)n1)C1CC1. The maximum absolute atomic E-state index is 4.73. The van der Waals surface area contributed by atoms with Crippen LogP contribution in [0, 0.1) is 11.8 Å². The van der Waals surface area contributed by atoms with Crippen molar-refractivity contribution in [2.24, 2.45) is 11.8 Å². The molecule has 24 heavy (non-hydrogen) atoms. The van der Waals surface area contributed by atoms with Crippen molar-refractivity contribution in [2.45, 2.75) is 77.3 Å². The zero-order valence-corrected chi connectivity index (χ0v) is 14.9. The van der Waals surface area contributed by atoms with E-state index < -0.39 is 0 Å². The maximum atomic E-state index is 4.73. The molecule has 3 aliphatic rings. The summed E-state index contributed by atoms with van der Waals surface area (Å²) in [5, 5.41) is 7.02. The molecule has 2 fully saturated rings. The number of allylic oxidation sites excluding steroid dienone is 2. The summed E-state index contributed by atoms with van der Waals surface area (Å²) in [7, 11) is 0. The van der Waals surface area contributed by atoms with Crippen LogP contribution in [0.3, 0.4) is 0 Å². The average molecular weight is 327 g/mol. The Hall–Kier alpha value is -1.65. The van der Waals surface area contributed by atoms with Crippen LogP contribution in [-0.4, -0.2) is 27.0 Å². The van der Waals surface area contributed by atoms with Gasteiger partial charge in [-0.05, 0) is 82.6 Å². The Balaban J connectivity index is 1.57. The molecule has 5 heteroatoms. The van der Waals surface area contributed by atoms with Crippen LogP contribution >= 0.6 is 0 Å². The maximum Gasteiger partial charge on any atom is 0.228 e. The number of aromatic nitrogens is 3. The van der Waals surface area contributed by atoms with Crippen molar-refractivity contribution in [3.8, 4) is 0 Å². The molecule has 0 bridgehead atoms. The summed E-state index contributed by atoms with van der Waals surface area (Å²) in [6.45, 7) is 4.47. The predicted molar refractivity (Wildman–Crippen MR) is 97.9 cm³/mol. The summed E-state index contributed by atoms with van der Waals surface area (Å²) < 4.78 is 0. The van der Waals surface area contributed by atoms with Crippen LogP contribution < -0.4 is 10.6 Å². The van der Waals surface area contributed by atoms with Gasteiger partial charge in [0.05, 0.1) is 0 Å². The molecule has 2 atom stereocenters. The van der Waals surface area contributed by atoms with Crippen LogP contribution in [0.1, 0.15) is 71.0 Å². The summed E-state index contributed by atoms with van der Waals surface area (Å²) in [5.41, 5.74) is 1.29. The lowest BCUT2D eigenvalue weighted by Gasteiger charge is -2.18. The highest BCUT2D eigenvalue weighted by atomic mass is 15.2. The van der Waals surface area contributed by atoms with Crippen molar-refractivity contribution < 1.29 is 0 Å². The van der Waals surface area contributed by atoms with Crippen LogP contribution in [0.15, 0.2) is 6.08 Å². The zero-order valence-electron chi connectivity index (χ0n) is 14.9. The minimum absolute atomic E-state index is 0.439. The van der Waals surface area contributed by atoms with Crippen molar-refractivity contribution in [1.29, 1.82) is 0 Å². The Morgan fingerprint density at radius 1 is 0.875 bits per heavy atom. The first-order chi connectivity index (χ1) is 11.7. The fourth-order valence-electron chi connectivity index (χ4n) is 3.53. The summed E-state index contributed by atoms with van der Waals surface area (Å²) in [6, 6.07) is 0.878. The average Bonchev–Trinajstić information content (AvgIpc) is 3.48. The molecule has 0 saturated heterocycles. The molecule has 1 heterocycles. The van der Waals surface area contributed by atoms with Crippen molar-refractivity contribution in [2.75, 3.05) is 10.6 Å². The number of anilines is 2. The predicted octanol–water partition coefficient (Wildman–Crippen LogP) is 4.25. The van der Waals surface area contributed by atoms with E-state index in [1.165, 1.54) is 44.1 Å². The topological polar surface area (TPSA) is 62.7 Å². The lowest BCUT2D eigenvalue weighted by atomic mass is 9.99. The number of nitrogens with one attached hydrogen (secondary N) is 2. The van der Waals surface area contributed by atoms with Gasteiger partial charge in [-0.1, -0.05) is 6.08 Å². The summed E-state index contributed by atoms with van der Waals surface area (Å²) in [6.07, 6.45) is 12.3. The third-order valence-corrected chi connectivity index (χ3v) is 5.59. The van der Waals surface area contributed by atoms with E-state index in [1.54, 1.807) is 0 Å². The molecule has 2 saturated carbocycles. The molecular formula is C19H29N5. The van der Waals surface area contributed by atoms with E-state index in [0.717, 1.165) is 42.4 Å². The molecular weight excluding hydrogens is 298 g/mol. The second-order valence-electron chi connectivity index (χ2n) is 7.82. The molecule has 3 aliphatic carbocycles. The Bertz CT molecular complexity index is 580. The van der Waals surface area contributed by atoms with Gasteiger partial charge in [-0.2, -0.15) is 15.0 Å². The second-order valence-corrected chi connectivity index (χ2v) is 7.82. The first-order valence-corrected chi connectivity index (χ1v) is 9.67. The number of hydrogen-bond acceptors (Lipinski definition) is 5. The van der Waals surface area contributed by atoms with Crippen LogP contribution in [0.2, 0.25) is 0 Å². The first kappa shape index (κ1) is 15.9. The standard InChI is InChI=1S/C19H29N5/c1-12(14-8-9-14)20-18-22-17(16-6-4-3-5-7-16)23-19(24-18)21-13(2)15-10-11-15/h6,12-15H,3-5,7-11H2,1-2H3,(H2,20,21,22,23,24)/t12-,13-/m1/s1. The molecule has 130 valence electrons. The van der Waals surface area contributed by atoms with Crippen LogP contribution in [0.4, 0.5) is 11.9 Å². The molecule has 0 radical (unpaired) electrons. The smallest absolute Gasteiger partial charge is 0.228 e. The van der Waals surface area contributed by atoms with E-state index in [1.807, 2.05) is 0 Å². The quantitative estimate of drug-likeness (QED) is 0.784. The Kier molecular flexibility index (Phi) is 4.42. The first-order valence-electron chi connectivity index (χ1n) is 9.67. The number of rotatable bonds is 7. The fraction of sp³-hybridized carbons (Fsp3) is 0.737. The highest BCUT2D eigenvalue weighted by molar-refractivity contribution is 5.62. The molecule has 0 aliphatic heterocycles. The normalized spacial score (nSPS) is 23.3. The third kappa shape index (κ3) is 3.87. The molecule has 0 aromatic carbocycles. The second kappa shape index (κ2) is 6.69. The summed E-state index contributed by atoms with van der Waals surface area (Å²) in [4.78, 5) is 14.1. The minimum atomic E-state index is 0.439. The lowest BCUT2D eigenvalue weighted by molar-refractivity contribution is 0.674. The number of nitrogens with zero attached hydrogens (tertiary/aromatic N) is 3. The lowest BCUT2D eigenvalue weighted by Crippen LogP contribution is -2.23. The third-order valence-electron chi connectivity index (χ3n) is 5.59. The van der Waals surface area contributed by atoms with E-state index in [2.05, 4.69) is 35.5 Å². The van der Waals surface area contributed by atoms with Crippen molar-refractivity contribution >= 4 is 17.5 Å². The van der Waals surface area contributed by atoms with Crippen LogP contribution in [-0.2, 0) is 0 Å². The van der Waals surface area contributed by atoms with Gasteiger partial charge in [0.15, 0.2) is 5.82 Å². The van der Waals surface area contributed by atoms with Crippen molar-refractivity contribution in [1.82, 2.24) is 15.0 Å². The van der Waals surface area contributed by atoms with E-state index in [9.17, 15) is 0 Å². The van der Waals surface area contributed by atoms with E-state index >= 15 is 0 Å². The molecule has 4 rings (SSSR count).